The van der Waals surface area contributed by atoms with E-state index in [9.17, 15) is 14.9 Å². The molecule has 28 heavy (non-hydrogen) atoms. The molecule has 0 fully saturated rings. The second kappa shape index (κ2) is 8.09. The minimum Gasteiger partial charge on any atom is -0.497 e. The fourth-order valence-corrected chi connectivity index (χ4v) is 2.53. The molecule has 0 bridgehead atoms. The number of benzene rings is 3. The Bertz CT molecular complexity index is 1020. The Labute approximate surface area is 160 Å². The van der Waals surface area contributed by atoms with Crippen LogP contribution in [0.2, 0.25) is 0 Å². The van der Waals surface area contributed by atoms with E-state index < -0.39 is 10.8 Å². The molecule has 0 radical (unpaired) electrons. The van der Waals surface area contributed by atoms with E-state index in [-0.39, 0.29) is 22.7 Å². The van der Waals surface area contributed by atoms with Gasteiger partial charge in [0.05, 0.1) is 12.0 Å². The van der Waals surface area contributed by atoms with E-state index in [1.165, 1.54) is 31.4 Å². The molecule has 0 atom stereocenters. The van der Waals surface area contributed by atoms with Crippen LogP contribution in [0.3, 0.4) is 0 Å². The van der Waals surface area contributed by atoms with Gasteiger partial charge in [-0.2, -0.15) is 0 Å². The number of carbonyl (C=O) groups is 1. The van der Waals surface area contributed by atoms with Crippen molar-refractivity contribution in [3.63, 3.8) is 0 Å². The standard InChI is InChI=1S/C20H17N3O5/c1-27-16-5-2-4-13(12-16)22-20(24)19-17(21)6-3-7-18(19)28-15-10-8-14(9-11-15)23(25)26/h2-12H,21H2,1H3,(H,22,24). The molecule has 3 N–H and O–H groups in total. The molecule has 0 saturated heterocycles. The smallest absolute Gasteiger partial charge is 0.269 e. The first-order valence-corrected chi connectivity index (χ1v) is 8.24. The highest BCUT2D eigenvalue weighted by molar-refractivity contribution is 6.09. The Balaban J connectivity index is 1.86. The number of nitro benzene ring substituents is 1. The molecule has 0 unspecified atom stereocenters. The lowest BCUT2D eigenvalue weighted by molar-refractivity contribution is -0.384. The second-order valence-electron chi connectivity index (χ2n) is 5.76. The number of hydrogen-bond donors (Lipinski definition) is 2. The van der Waals surface area contributed by atoms with Crippen molar-refractivity contribution in [2.45, 2.75) is 0 Å². The molecule has 142 valence electrons. The van der Waals surface area contributed by atoms with Crippen LogP contribution < -0.4 is 20.5 Å². The van der Waals surface area contributed by atoms with Gasteiger partial charge in [-0.25, -0.2) is 0 Å². The van der Waals surface area contributed by atoms with Gasteiger partial charge in [-0.15, -0.1) is 0 Å². The molecule has 8 nitrogen and oxygen atoms in total. The summed E-state index contributed by atoms with van der Waals surface area (Å²) in [4.78, 5) is 23.0. The van der Waals surface area contributed by atoms with E-state index >= 15 is 0 Å². The Morgan fingerprint density at radius 1 is 1.04 bits per heavy atom. The van der Waals surface area contributed by atoms with Gasteiger partial charge in [-0.05, 0) is 36.4 Å². The van der Waals surface area contributed by atoms with E-state index in [2.05, 4.69) is 5.32 Å². The molecule has 0 aliphatic carbocycles. The van der Waals surface area contributed by atoms with Gasteiger partial charge in [0.15, 0.2) is 0 Å². The van der Waals surface area contributed by atoms with Crippen molar-refractivity contribution in [1.82, 2.24) is 0 Å². The first-order valence-electron chi connectivity index (χ1n) is 8.24. The number of nitrogens with two attached hydrogens (primary N) is 1. The summed E-state index contributed by atoms with van der Waals surface area (Å²) in [6.07, 6.45) is 0. The van der Waals surface area contributed by atoms with Crippen LogP contribution in [0.1, 0.15) is 10.4 Å². The molecule has 0 heterocycles. The fourth-order valence-electron chi connectivity index (χ4n) is 2.53. The SMILES string of the molecule is COc1cccc(NC(=O)c2c(N)cccc2Oc2ccc([N+](=O)[O-])cc2)c1. The Kier molecular flexibility index (Phi) is 5.40. The monoisotopic (exact) mass is 379 g/mol. The number of nitrogen functional groups attached to an aromatic ring is 1. The second-order valence-corrected chi connectivity index (χ2v) is 5.76. The van der Waals surface area contributed by atoms with Crippen LogP contribution in [-0.2, 0) is 0 Å². The summed E-state index contributed by atoms with van der Waals surface area (Å²) >= 11 is 0. The highest BCUT2D eigenvalue weighted by atomic mass is 16.6. The molecule has 3 rings (SSSR count). The van der Waals surface area contributed by atoms with Gasteiger partial charge >= 0.3 is 0 Å². The molecule has 8 heteroatoms. The number of hydrogen-bond acceptors (Lipinski definition) is 6. The topological polar surface area (TPSA) is 117 Å². The lowest BCUT2D eigenvalue weighted by Crippen LogP contribution is -2.15. The summed E-state index contributed by atoms with van der Waals surface area (Å²) in [7, 11) is 1.53. The highest BCUT2D eigenvalue weighted by Gasteiger charge is 2.18. The van der Waals surface area contributed by atoms with Crippen molar-refractivity contribution in [2.75, 3.05) is 18.2 Å². The average Bonchev–Trinajstić information content (AvgIpc) is 2.68. The maximum atomic E-state index is 12.8. The molecule has 0 aliphatic heterocycles. The number of rotatable bonds is 6. The van der Waals surface area contributed by atoms with E-state index in [1.54, 1.807) is 42.5 Å². The fraction of sp³-hybridized carbons (Fsp3) is 0.0500. The first kappa shape index (κ1) is 18.7. The lowest BCUT2D eigenvalue weighted by Gasteiger charge is -2.14. The van der Waals surface area contributed by atoms with Gasteiger partial charge < -0.3 is 20.5 Å². The highest BCUT2D eigenvalue weighted by Crippen LogP contribution is 2.31. The molecule has 3 aromatic rings. The third-order valence-electron chi connectivity index (χ3n) is 3.89. The summed E-state index contributed by atoms with van der Waals surface area (Å²) in [5, 5.41) is 13.5. The van der Waals surface area contributed by atoms with Crippen LogP contribution in [0.4, 0.5) is 17.1 Å². The molecule has 3 aromatic carbocycles. The van der Waals surface area contributed by atoms with Gasteiger partial charge in [-0.1, -0.05) is 12.1 Å². The van der Waals surface area contributed by atoms with Crippen molar-refractivity contribution in [2.24, 2.45) is 0 Å². The quantitative estimate of drug-likeness (QED) is 0.376. The zero-order valence-electron chi connectivity index (χ0n) is 14.9. The van der Waals surface area contributed by atoms with E-state index in [0.717, 1.165) is 0 Å². The Morgan fingerprint density at radius 2 is 1.75 bits per heavy atom. The summed E-state index contributed by atoms with van der Waals surface area (Å²) in [5.41, 5.74) is 6.86. The normalized spacial score (nSPS) is 10.2. The minimum atomic E-state index is -0.503. The summed E-state index contributed by atoms with van der Waals surface area (Å²) in [6, 6.07) is 17.3. The van der Waals surface area contributed by atoms with Crippen LogP contribution >= 0.6 is 0 Å². The maximum Gasteiger partial charge on any atom is 0.269 e. The number of nitrogens with zero attached hydrogens (tertiary/aromatic N) is 1. The predicted molar refractivity (Wildman–Crippen MR) is 105 cm³/mol. The van der Waals surface area contributed by atoms with Gasteiger partial charge in [0.2, 0.25) is 0 Å². The molecule has 0 spiro atoms. The molecular weight excluding hydrogens is 362 g/mol. The molecule has 0 aromatic heterocycles. The van der Waals surface area contributed by atoms with Gasteiger partial charge in [0.1, 0.15) is 22.8 Å². The number of carbonyl (C=O) groups excluding carboxylic acids is 1. The molecule has 0 aliphatic rings. The molecule has 0 saturated carbocycles. The van der Waals surface area contributed by atoms with Crippen LogP contribution in [0, 0.1) is 10.1 Å². The zero-order valence-corrected chi connectivity index (χ0v) is 14.9. The third-order valence-corrected chi connectivity index (χ3v) is 3.89. The Hall–Kier alpha value is -4.07. The number of amides is 1. The largest absolute Gasteiger partial charge is 0.497 e. The minimum absolute atomic E-state index is 0.0593. The number of nitrogens with one attached hydrogen (secondary N) is 1. The number of nitro groups is 1. The number of methoxy groups -OCH3 is 1. The number of non-ortho nitro benzene ring substituents is 1. The summed E-state index contributed by atoms with van der Waals surface area (Å²) in [5.74, 6) is 0.713. The molecule has 1 amide bonds. The summed E-state index contributed by atoms with van der Waals surface area (Å²) < 4.78 is 10.9. The predicted octanol–water partition coefficient (Wildman–Crippen LogP) is 4.23. The lowest BCUT2D eigenvalue weighted by atomic mass is 10.1. The van der Waals surface area contributed by atoms with Crippen molar-refractivity contribution < 1.29 is 19.2 Å². The zero-order chi connectivity index (χ0) is 20.1. The van der Waals surface area contributed by atoms with Crippen LogP contribution in [0.15, 0.2) is 66.7 Å². The van der Waals surface area contributed by atoms with Gasteiger partial charge in [0.25, 0.3) is 11.6 Å². The number of ether oxygens (including phenoxy) is 2. The summed E-state index contributed by atoms with van der Waals surface area (Å²) in [6.45, 7) is 0. The number of anilines is 2. The first-order chi connectivity index (χ1) is 13.5. The Morgan fingerprint density at radius 3 is 2.43 bits per heavy atom. The van der Waals surface area contributed by atoms with Gasteiger partial charge in [0, 0.05) is 29.6 Å². The van der Waals surface area contributed by atoms with E-state index in [0.29, 0.717) is 17.2 Å². The van der Waals surface area contributed by atoms with Gasteiger partial charge in [-0.3, -0.25) is 14.9 Å². The van der Waals surface area contributed by atoms with Crippen LogP contribution in [-0.4, -0.2) is 17.9 Å². The van der Waals surface area contributed by atoms with Crippen molar-refractivity contribution in [1.29, 1.82) is 0 Å². The van der Waals surface area contributed by atoms with Crippen molar-refractivity contribution in [3.8, 4) is 17.2 Å². The van der Waals surface area contributed by atoms with E-state index in [4.69, 9.17) is 15.2 Å². The van der Waals surface area contributed by atoms with Crippen LogP contribution in [0.25, 0.3) is 0 Å². The van der Waals surface area contributed by atoms with Crippen molar-refractivity contribution in [3.05, 3.63) is 82.4 Å². The van der Waals surface area contributed by atoms with Crippen LogP contribution in [0.5, 0.6) is 17.2 Å². The van der Waals surface area contributed by atoms with E-state index in [1.807, 2.05) is 0 Å². The third kappa shape index (κ3) is 4.18. The maximum absolute atomic E-state index is 12.8. The molecular formula is C20H17N3O5. The van der Waals surface area contributed by atoms with Crippen molar-refractivity contribution >= 4 is 23.0 Å². The average molecular weight is 379 g/mol.